The SMILES string of the molecule is CC1(C)CC[C@@]2(C)C(CC[C@@H]3C2CC[C@]2(C)C(C=O)CCC32)C1. The zero-order valence-electron chi connectivity index (χ0n) is 15.7. The van der Waals surface area contributed by atoms with Crippen molar-refractivity contribution in [3.63, 3.8) is 0 Å². The van der Waals surface area contributed by atoms with E-state index in [9.17, 15) is 4.79 Å². The quantitative estimate of drug-likeness (QED) is 0.553. The van der Waals surface area contributed by atoms with Gasteiger partial charge in [0.25, 0.3) is 0 Å². The maximum Gasteiger partial charge on any atom is 0.123 e. The van der Waals surface area contributed by atoms with Crippen molar-refractivity contribution in [2.45, 2.75) is 85.5 Å². The highest BCUT2D eigenvalue weighted by Crippen LogP contribution is 2.68. The second-order valence-electron chi connectivity index (χ2n) is 10.9. The summed E-state index contributed by atoms with van der Waals surface area (Å²) in [5.41, 5.74) is 1.50. The van der Waals surface area contributed by atoms with Crippen LogP contribution in [0.3, 0.4) is 0 Å². The Hall–Kier alpha value is -0.330. The van der Waals surface area contributed by atoms with Crippen molar-refractivity contribution in [1.82, 2.24) is 0 Å². The van der Waals surface area contributed by atoms with Crippen LogP contribution >= 0.6 is 0 Å². The molecule has 0 N–H and O–H groups in total. The molecule has 0 radical (unpaired) electrons. The average Bonchev–Trinajstić information content (AvgIpc) is 2.84. The lowest BCUT2D eigenvalue weighted by molar-refractivity contribution is -0.133. The summed E-state index contributed by atoms with van der Waals surface area (Å²) < 4.78 is 0. The highest BCUT2D eigenvalue weighted by atomic mass is 16.1. The van der Waals surface area contributed by atoms with E-state index in [4.69, 9.17) is 0 Å². The van der Waals surface area contributed by atoms with Crippen molar-refractivity contribution < 1.29 is 4.79 Å². The molecule has 130 valence electrons. The summed E-state index contributed by atoms with van der Waals surface area (Å²) in [6, 6.07) is 0. The minimum Gasteiger partial charge on any atom is -0.303 e. The molecule has 4 rings (SSSR count). The van der Waals surface area contributed by atoms with E-state index < -0.39 is 0 Å². The molecular formula is C22H36O. The Morgan fingerprint density at radius 2 is 1.52 bits per heavy atom. The molecule has 0 amide bonds. The largest absolute Gasteiger partial charge is 0.303 e. The molecule has 4 saturated carbocycles. The van der Waals surface area contributed by atoms with Gasteiger partial charge in [-0.05, 0) is 97.7 Å². The van der Waals surface area contributed by atoms with E-state index >= 15 is 0 Å². The molecule has 0 bridgehead atoms. The third-order valence-electron chi connectivity index (χ3n) is 9.44. The first-order valence-corrected chi connectivity index (χ1v) is 10.3. The molecule has 0 saturated heterocycles. The third kappa shape index (κ3) is 2.20. The lowest BCUT2D eigenvalue weighted by Gasteiger charge is -2.62. The number of aldehydes is 1. The van der Waals surface area contributed by atoms with Gasteiger partial charge in [-0.3, -0.25) is 0 Å². The molecule has 0 aromatic rings. The standard InChI is InChI=1S/C22H36O/c1-20(2)11-12-22(4)15(13-20)5-7-17-18-8-6-16(14-23)21(18,3)10-9-19(17)22/h14-19H,5-13H2,1-4H3/t15?,16?,17-,18?,19?,21+,22-/m0/s1. The van der Waals surface area contributed by atoms with Gasteiger partial charge in [-0.25, -0.2) is 0 Å². The fourth-order valence-corrected chi connectivity index (χ4v) is 7.90. The molecule has 0 aromatic carbocycles. The fraction of sp³-hybridized carbons (Fsp3) is 0.955. The second-order valence-corrected chi connectivity index (χ2v) is 10.9. The van der Waals surface area contributed by atoms with Gasteiger partial charge in [-0.2, -0.15) is 0 Å². The number of hydrogen-bond donors (Lipinski definition) is 0. The molecule has 4 fully saturated rings. The molecule has 0 aliphatic heterocycles. The molecule has 1 heteroatoms. The Bertz CT molecular complexity index is 494. The molecule has 0 spiro atoms. The molecule has 1 nitrogen and oxygen atoms in total. The highest BCUT2D eigenvalue weighted by molar-refractivity contribution is 5.56. The van der Waals surface area contributed by atoms with Crippen LogP contribution in [-0.2, 0) is 4.79 Å². The summed E-state index contributed by atoms with van der Waals surface area (Å²) >= 11 is 0. The molecule has 23 heavy (non-hydrogen) atoms. The van der Waals surface area contributed by atoms with Crippen LogP contribution in [0.1, 0.15) is 85.5 Å². The summed E-state index contributed by atoms with van der Waals surface area (Å²) in [4.78, 5) is 11.6. The molecular weight excluding hydrogens is 280 g/mol. The number of carbonyl (C=O) groups is 1. The Labute approximate surface area is 143 Å². The Morgan fingerprint density at radius 1 is 0.783 bits per heavy atom. The summed E-state index contributed by atoms with van der Waals surface area (Å²) in [5.74, 6) is 4.01. The summed E-state index contributed by atoms with van der Waals surface area (Å²) in [6.45, 7) is 10.1. The Balaban J connectivity index is 1.61. The van der Waals surface area contributed by atoms with Crippen LogP contribution in [0.5, 0.6) is 0 Å². The van der Waals surface area contributed by atoms with Crippen LogP contribution in [0.2, 0.25) is 0 Å². The lowest BCUT2D eigenvalue weighted by Crippen LogP contribution is -2.54. The van der Waals surface area contributed by atoms with Crippen LogP contribution in [0.25, 0.3) is 0 Å². The van der Waals surface area contributed by atoms with Crippen molar-refractivity contribution in [3.05, 3.63) is 0 Å². The summed E-state index contributed by atoms with van der Waals surface area (Å²) in [6.07, 6.45) is 13.7. The van der Waals surface area contributed by atoms with Gasteiger partial charge in [0.05, 0.1) is 0 Å². The molecule has 7 atom stereocenters. The van der Waals surface area contributed by atoms with E-state index in [0.717, 1.165) is 23.7 Å². The third-order valence-corrected chi connectivity index (χ3v) is 9.44. The van der Waals surface area contributed by atoms with Crippen molar-refractivity contribution in [1.29, 1.82) is 0 Å². The van der Waals surface area contributed by atoms with E-state index in [-0.39, 0.29) is 0 Å². The van der Waals surface area contributed by atoms with Crippen molar-refractivity contribution in [2.75, 3.05) is 0 Å². The molecule has 4 unspecified atom stereocenters. The number of carbonyl (C=O) groups excluding carboxylic acids is 1. The molecule has 4 aliphatic rings. The van der Waals surface area contributed by atoms with E-state index in [1.807, 2.05) is 0 Å². The zero-order chi connectivity index (χ0) is 16.5. The van der Waals surface area contributed by atoms with Crippen molar-refractivity contribution in [3.8, 4) is 0 Å². The second kappa shape index (κ2) is 5.09. The first-order valence-electron chi connectivity index (χ1n) is 10.3. The van der Waals surface area contributed by atoms with Gasteiger partial charge in [0.2, 0.25) is 0 Å². The summed E-state index contributed by atoms with van der Waals surface area (Å²) in [7, 11) is 0. The van der Waals surface area contributed by atoms with Crippen LogP contribution in [0, 0.1) is 45.8 Å². The topological polar surface area (TPSA) is 17.1 Å². The van der Waals surface area contributed by atoms with Gasteiger partial charge >= 0.3 is 0 Å². The maximum absolute atomic E-state index is 11.6. The van der Waals surface area contributed by atoms with Crippen molar-refractivity contribution in [2.24, 2.45) is 45.8 Å². The highest BCUT2D eigenvalue weighted by Gasteiger charge is 2.60. The predicted molar refractivity (Wildman–Crippen MR) is 95.1 cm³/mol. The van der Waals surface area contributed by atoms with Gasteiger partial charge in [0.15, 0.2) is 0 Å². The van der Waals surface area contributed by atoms with Crippen molar-refractivity contribution >= 4 is 6.29 Å². The van der Waals surface area contributed by atoms with E-state index in [1.54, 1.807) is 0 Å². The minimum absolute atomic E-state index is 0.333. The van der Waals surface area contributed by atoms with Gasteiger partial charge in [-0.15, -0.1) is 0 Å². The Morgan fingerprint density at radius 3 is 2.26 bits per heavy atom. The monoisotopic (exact) mass is 316 g/mol. The first-order chi connectivity index (χ1) is 10.8. The number of fused-ring (bicyclic) bond motifs is 5. The zero-order valence-corrected chi connectivity index (χ0v) is 15.7. The minimum atomic E-state index is 0.333. The number of hydrogen-bond acceptors (Lipinski definition) is 1. The predicted octanol–water partition coefficient (Wildman–Crippen LogP) is 5.87. The van der Waals surface area contributed by atoms with Crippen LogP contribution in [0.4, 0.5) is 0 Å². The van der Waals surface area contributed by atoms with Gasteiger partial charge in [0, 0.05) is 5.92 Å². The summed E-state index contributed by atoms with van der Waals surface area (Å²) in [5, 5.41) is 0. The van der Waals surface area contributed by atoms with Crippen LogP contribution < -0.4 is 0 Å². The average molecular weight is 317 g/mol. The van der Waals surface area contributed by atoms with Crippen LogP contribution in [0.15, 0.2) is 0 Å². The van der Waals surface area contributed by atoms with E-state index in [0.29, 0.717) is 22.2 Å². The maximum atomic E-state index is 11.6. The Kier molecular flexibility index (Phi) is 3.57. The lowest BCUT2D eigenvalue weighted by atomic mass is 9.43. The van der Waals surface area contributed by atoms with E-state index in [1.165, 1.54) is 64.1 Å². The fourth-order valence-electron chi connectivity index (χ4n) is 7.90. The van der Waals surface area contributed by atoms with Gasteiger partial charge in [-0.1, -0.05) is 27.7 Å². The van der Waals surface area contributed by atoms with Crippen LogP contribution in [-0.4, -0.2) is 6.29 Å². The molecule has 0 heterocycles. The molecule has 0 aromatic heterocycles. The molecule has 4 aliphatic carbocycles. The number of rotatable bonds is 1. The van der Waals surface area contributed by atoms with Gasteiger partial charge in [0.1, 0.15) is 6.29 Å². The smallest absolute Gasteiger partial charge is 0.123 e. The van der Waals surface area contributed by atoms with Gasteiger partial charge < -0.3 is 4.79 Å². The normalized spacial score (nSPS) is 54.7. The van der Waals surface area contributed by atoms with E-state index in [2.05, 4.69) is 27.7 Å². The first kappa shape index (κ1) is 16.2.